The van der Waals surface area contributed by atoms with Crippen molar-refractivity contribution in [1.82, 2.24) is 0 Å². The molecule has 1 fully saturated rings. The van der Waals surface area contributed by atoms with E-state index in [1.807, 2.05) is 26.8 Å². The molecule has 1 unspecified atom stereocenters. The minimum atomic E-state index is -0.758. The van der Waals surface area contributed by atoms with Crippen molar-refractivity contribution < 1.29 is 24.5 Å². The van der Waals surface area contributed by atoms with E-state index >= 15 is 0 Å². The summed E-state index contributed by atoms with van der Waals surface area (Å²) in [6, 6.07) is 0. The molecule has 0 radical (unpaired) electrons. The zero-order valence-electron chi connectivity index (χ0n) is 20.0. The Morgan fingerprint density at radius 1 is 0.968 bits per heavy atom. The highest BCUT2D eigenvalue weighted by atomic mass is 16.5. The van der Waals surface area contributed by atoms with Crippen molar-refractivity contribution in [1.29, 1.82) is 0 Å². The Morgan fingerprint density at radius 3 is 2.29 bits per heavy atom. The summed E-state index contributed by atoms with van der Waals surface area (Å²) in [4.78, 5) is 22.5. The Kier molecular flexibility index (Phi) is 13.0. The summed E-state index contributed by atoms with van der Waals surface area (Å²) in [6.07, 6.45) is 17.2. The normalized spacial score (nSPS) is 24.4. The second-order valence-corrected chi connectivity index (χ2v) is 9.87. The van der Waals surface area contributed by atoms with E-state index in [1.165, 1.54) is 0 Å². The molecule has 4 atom stereocenters. The number of ether oxygens (including phenoxy) is 1. The molecule has 0 aromatic rings. The van der Waals surface area contributed by atoms with Gasteiger partial charge in [-0.3, -0.25) is 9.59 Å². The van der Waals surface area contributed by atoms with Crippen LogP contribution >= 0.6 is 0 Å². The number of carbonyl (C=O) groups excluding carboxylic acids is 1. The summed E-state index contributed by atoms with van der Waals surface area (Å²) in [7, 11) is 1.71. The average Bonchev–Trinajstić information content (AvgIpc) is 3.00. The highest BCUT2D eigenvalue weighted by Gasteiger charge is 2.40. The minimum Gasteiger partial charge on any atom is -0.481 e. The highest BCUT2D eigenvalue weighted by Crippen LogP contribution is 2.38. The van der Waals surface area contributed by atoms with Gasteiger partial charge < -0.3 is 14.9 Å². The topological polar surface area (TPSA) is 83.8 Å². The average molecular weight is 437 g/mol. The van der Waals surface area contributed by atoms with Gasteiger partial charge in [0.15, 0.2) is 0 Å². The number of carboxylic acid groups (broad SMARTS) is 1. The number of rotatable bonds is 15. The molecule has 5 heteroatoms. The zero-order valence-corrected chi connectivity index (χ0v) is 20.0. The van der Waals surface area contributed by atoms with Crippen molar-refractivity contribution >= 4 is 11.8 Å². The van der Waals surface area contributed by atoms with Crippen LogP contribution in [0.4, 0.5) is 0 Å². The molecule has 1 saturated carbocycles. The van der Waals surface area contributed by atoms with Gasteiger partial charge in [-0.05, 0) is 44.4 Å². The van der Waals surface area contributed by atoms with Gasteiger partial charge in [0.1, 0.15) is 5.78 Å². The predicted molar refractivity (Wildman–Crippen MR) is 125 cm³/mol. The number of allylic oxidation sites excluding steroid dienone is 3. The van der Waals surface area contributed by atoms with Crippen LogP contribution in [0, 0.1) is 17.3 Å². The molecule has 0 aliphatic heterocycles. The second kappa shape index (κ2) is 14.6. The van der Waals surface area contributed by atoms with E-state index < -0.39 is 5.97 Å². The third kappa shape index (κ3) is 11.1. The SMILES string of the molecule is CO[C@@H]1C[C@H](O)C(CC=CCCCC(=O)O)[C@H]1C=CCCCCCCC(=O)C(C)(C)C. The van der Waals surface area contributed by atoms with Crippen LogP contribution < -0.4 is 0 Å². The van der Waals surface area contributed by atoms with Gasteiger partial charge in [-0.25, -0.2) is 0 Å². The molecular weight excluding hydrogens is 392 g/mol. The fraction of sp³-hybridized carbons (Fsp3) is 0.769. The number of aliphatic carboxylic acids is 1. The smallest absolute Gasteiger partial charge is 0.303 e. The lowest BCUT2D eigenvalue weighted by atomic mass is 9.87. The first kappa shape index (κ1) is 27.6. The molecular formula is C26H44O5. The molecule has 2 N–H and O–H groups in total. The molecule has 1 aliphatic rings. The van der Waals surface area contributed by atoms with Crippen LogP contribution in [-0.4, -0.2) is 41.3 Å². The van der Waals surface area contributed by atoms with E-state index in [9.17, 15) is 14.7 Å². The van der Waals surface area contributed by atoms with Crippen molar-refractivity contribution in [3.8, 4) is 0 Å². The van der Waals surface area contributed by atoms with Gasteiger partial charge >= 0.3 is 5.97 Å². The Hall–Kier alpha value is -1.46. The van der Waals surface area contributed by atoms with E-state index in [-0.39, 0.29) is 35.9 Å². The molecule has 178 valence electrons. The lowest BCUT2D eigenvalue weighted by molar-refractivity contribution is -0.137. The van der Waals surface area contributed by atoms with Gasteiger partial charge in [-0.15, -0.1) is 0 Å². The first-order chi connectivity index (χ1) is 14.7. The van der Waals surface area contributed by atoms with Crippen molar-refractivity contribution in [2.75, 3.05) is 7.11 Å². The standard InChI is InChI=1S/C26H44O5/c1-26(2,3)24(28)17-13-8-6-5-7-12-16-21-20(22(27)19-23(21)31-4)15-11-9-10-14-18-25(29)30/h9,11-12,16,20-23,27H,5-8,10,13-15,17-19H2,1-4H3,(H,29,30)/t20?,21-,22+,23-/m1/s1. The van der Waals surface area contributed by atoms with Crippen LogP contribution in [0.5, 0.6) is 0 Å². The van der Waals surface area contributed by atoms with Gasteiger partial charge in [0.25, 0.3) is 0 Å². The molecule has 0 amide bonds. The lowest BCUT2D eigenvalue weighted by Crippen LogP contribution is -2.21. The summed E-state index contributed by atoms with van der Waals surface area (Å²) in [6.45, 7) is 5.95. The molecule has 0 aromatic carbocycles. The molecule has 0 aromatic heterocycles. The Morgan fingerprint density at radius 2 is 1.65 bits per heavy atom. The summed E-state index contributed by atoms with van der Waals surface area (Å²) in [5.74, 6) is -0.0701. The number of hydrogen-bond donors (Lipinski definition) is 2. The van der Waals surface area contributed by atoms with E-state index in [4.69, 9.17) is 9.84 Å². The molecule has 1 rings (SSSR count). The number of aliphatic hydroxyl groups excluding tert-OH is 1. The number of carbonyl (C=O) groups is 2. The van der Waals surface area contributed by atoms with Crippen LogP contribution in [0.2, 0.25) is 0 Å². The molecule has 0 bridgehead atoms. The predicted octanol–water partition coefficient (Wildman–Crippen LogP) is 5.71. The summed E-state index contributed by atoms with van der Waals surface area (Å²) < 4.78 is 5.62. The first-order valence-electron chi connectivity index (χ1n) is 11.9. The summed E-state index contributed by atoms with van der Waals surface area (Å²) >= 11 is 0. The molecule has 0 spiro atoms. The largest absolute Gasteiger partial charge is 0.481 e. The zero-order chi connectivity index (χ0) is 23.3. The van der Waals surface area contributed by atoms with Crippen molar-refractivity contribution in [3.05, 3.63) is 24.3 Å². The van der Waals surface area contributed by atoms with Crippen LogP contribution in [-0.2, 0) is 14.3 Å². The van der Waals surface area contributed by atoms with Gasteiger partial charge in [0, 0.05) is 37.7 Å². The third-order valence-corrected chi connectivity index (χ3v) is 6.25. The van der Waals surface area contributed by atoms with Crippen LogP contribution in [0.15, 0.2) is 24.3 Å². The van der Waals surface area contributed by atoms with Crippen molar-refractivity contribution in [3.63, 3.8) is 0 Å². The minimum absolute atomic E-state index is 0.0417. The van der Waals surface area contributed by atoms with Crippen molar-refractivity contribution in [2.24, 2.45) is 17.3 Å². The second-order valence-electron chi connectivity index (χ2n) is 9.87. The van der Waals surface area contributed by atoms with Crippen LogP contribution in [0.1, 0.15) is 91.4 Å². The number of ketones is 1. The highest BCUT2D eigenvalue weighted by molar-refractivity contribution is 5.83. The van der Waals surface area contributed by atoms with Gasteiger partial charge in [0.2, 0.25) is 0 Å². The summed E-state index contributed by atoms with van der Waals surface area (Å²) in [5.41, 5.74) is -0.226. The molecule has 31 heavy (non-hydrogen) atoms. The maximum atomic E-state index is 11.9. The fourth-order valence-electron chi connectivity index (χ4n) is 4.21. The lowest BCUT2D eigenvalue weighted by Gasteiger charge is -2.20. The number of methoxy groups -OCH3 is 1. The van der Waals surface area contributed by atoms with Gasteiger partial charge in [-0.1, -0.05) is 57.9 Å². The number of unbranched alkanes of at least 4 members (excludes halogenated alkanes) is 5. The number of Topliss-reactive ketones (excluding diaryl/α,β-unsaturated/α-hetero) is 1. The Labute approximate surface area is 189 Å². The number of hydrogen-bond acceptors (Lipinski definition) is 4. The van der Waals surface area contributed by atoms with E-state index in [2.05, 4.69) is 18.2 Å². The first-order valence-corrected chi connectivity index (χ1v) is 11.9. The molecule has 1 aliphatic carbocycles. The monoisotopic (exact) mass is 436 g/mol. The maximum Gasteiger partial charge on any atom is 0.303 e. The van der Waals surface area contributed by atoms with Crippen LogP contribution in [0.3, 0.4) is 0 Å². The van der Waals surface area contributed by atoms with Gasteiger partial charge in [0.05, 0.1) is 12.2 Å². The maximum absolute atomic E-state index is 11.9. The Bertz CT molecular complexity index is 587. The van der Waals surface area contributed by atoms with E-state index in [0.29, 0.717) is 25.0 Å². The molecule has 0 saturated heterocycles. The van der Waals surface area contributed by atoms with E-state index in [1.54, 1.807) is 7.11 Å². The summed E-state index contributed by atoms with van der Waals surface area (Å²) in [5, 5.41) is 19.2. The van der Waals surface area contributed by atoms with Crippen molar-refractivity contribution in [2.45, 2.75) is 104 Å². The molecule has 0 heterocycles. The third-order valence-electron chi connectivity index (χ3n) is 6.25. The van der Waals surface area contributed by atoms with Crippen LogP contribution in [0.25, 0.3) is 0 Å². The molecule has 5 nitrogen and oxygen atoms in total. The number of aliphatic hydroxyl groups is 1. The fourth-order valence-corrected chi connectivity index (χ4v) is 4.21. The Balaban J connectivity index is 2.35. The van der Waals surface area contributed by atoms with E-state index in [0.717, 1.165) is 44.9 Å². The quantitative estimate of drug-likeness (QED) is 0.254. The van der Waals surface area contributed by atoms with Gasteiger partial charge in [-0.2, -0.15) is 0 Å². The number of carboxylic acids is 1.